The third-order valence-electron chi connectivity index (χ3n) is 4.22. The molecule has 0 saturated carbocycles. The standard InChI is InChI=1S/C20H33NO6/c1-18-2-3-20(22)19(16-18)17-21-4-6-23-8-10-25-12-14-27-15-13-26-11-9-24-7-5-21/h2-3,16,22H,4-15,17H2,1H3. The van der Waals surface area contributed by atoms with E-state index in [1.807, 2.05) is 19.1 Å². The number of benzene rings is 1. The molecule has 7 nitrogen and oxygen atoms in total. The van der Waals surface area contributed by atoms with E-state index in [0.717, 1.165) is 24.2 Å². The second kappa shape index (κ2) is 13.9. The number of nitrogens with zero attached hydrogens (tertiary/aromatic N) is 1. The summed E-state index contributed by atoms with van der Waals surface area (Å²) in [6.07, 6.45) is 0. The first-order chi connectivity index (χ1) is 13.3. The van der Waals surface area contributed by atoms with Gasteiger partial charge in [0.05, 0.1) is 66.1 Å². The number of phenolic OH excluding ortho intramolecular Hbond substituents is 1. The SMILES string of the molecule is Cc1ccc(O)c(CN2CCOCCOCCOCCOCCOCC2)c1. The predicted molar refractivity (Wildman–Crippen MR) is 102 cm³/mol. The van der Waals surface area contributed by atoms with Crippen LogP contribution in [-0.4, -0.2) is 89.2 Å². The Morgan fingerprint density at radius 2 is 1.19 bits per heavy atom. The Morgan fingerprint density at radius 1 is 0.741 bits per heavy atom. The highest BCUT2D eigenvalue weighted by Crippen LogP contribution is 2.20. The van der Waals surface area contributed by atoms with Crippen molar-refractivity contribution in [2.24, 2.45) is 0 Å². The molecule has 0 aromatic heterocycles. The van der Waals surface area contributed by atoms with Gasteiger partial charge in [-0.3, -0.25) is 4.90 Å². The van der Waals surface area contributed by atoms with Gasteiger partial charge >= 0.3 is 0 Å². The Bertz CT molecular complexity index is 495. The molecule has 0 radical (unpaired) electrons. The van der Waals surface area contributed by atoms with Crippen LogP contribution in [0.5, 0.6) is 5.75 Å². The van der Waals surface area contributed by atoms with Crippen molar-refractivity contribution in [2.75, 3.05) is 79.2 Å². The Morgan fingerprint density at radius 3 is 1.67 bits per heavy atom. The first kappa shape index (κ1) is 22.1. The molecule has 2 rings (SSSR count). The van der Waals surface area contributed by atoms with E-state index in [9.17, 15) is 5.11 Å². The summed E-state index contributed by atoms with van der Waals surface area (Å²) in [6, 6.07) is 5.68. The van der Waals surface area contributed by atoms with Crippen LogP contribution >= 0.6 is 0 Å². The molecule has 1 aliphatic heterocycles. The number of rotatable bonds is 2. The van der Waals surface area contributed by atoms with Crippen molar-refractivity contribution in [3.8, 4) is 5.75 Å². The lowest BCUT2D eigenvalue weighted by atomic mass is 10.1. The van der Waals surface area contributed by atoms with Crippen LogP contribution in [-0.2, 0) is 30.2 Å². The average Bonchev–Trinajstić information content (AvgIpc) is 2.66. The summed E-state index contributed by atoms with van der Waals surface area (Å²) in [5, 5.41) is 10.1. The monoisotopic (exact) mass is 383 g/mol. The molecule has 0 unspecified atom stereocenters. The van der Waals surface area contributed by atoms with Crippen LogP contribution in [0.1, 0.15) is 11.1 Å². The quantitative estimate of drug-likeness (QED) is 0.832. The lowest BCUT2D eigenvalue weighted by Gasteiger charge is -2.23. The van der Waals surface area contributed by atoms with Gasteiger partial charge in [0, 0.05) is 25.2 Å². The highest BCUT2D eigenvalue weighted by molar-refractivity contribution is 5.35. The van der Waals surface area contributed by atoms with E-state index < -0.39 is 0 Å². The van der Waals surface area contributed by atoms with E-state index in [1.165, 1.54) is 0 Å². The topological polar surface area (TPSA) is 69.6 Å². The molecule has 0 amide bonds. The van der Waals surface area contributed by atoms with Crippen LogP contribution < -0.4 is 0 Å². The van der Waals surface area contributed by atoms with Crippen LogP contribution in [0.3, 0.4) is 0 Å². The molecule has 1 aliphatic rings. The molecular weight excluding hydrogens is 350 g/mol. The van der Waals surface area contributed by atoms with Crippen LogP contribution in [0, 0.1) is 6.92 Å². The molecule has 154 valence electrons. The highest BCUT2D eigenvalue weighted by atomic mass is 16.6. The molecule has 1 saturated heterocycles. The van der Waals surface area contributed by atoms with Crippen LogP contribution in [0.2, 0.25) is 0 Å². The molecule has 1 fully saturated rings. The smallest absolute Gasteiger partial charge is 0.120 e. The highest BCUT2D eigenvalue weighted by Gasteiger charge is 2.10. The molecule has 1 N–H and O–H groups in total. The zero-order valence-electron chi connectivity index (χ0n) is 16.4. The first-order valence-electron chi connectivity index (χ1n) is 9.65. The fraction of sp³-hybridized carbons (Fsp3) is 0.700. The normalized spacial score (nSPS) is 20.6. The Hall–Kier alpha value is -1.22. The fourth-order valence-electron chi connectivity index (χ4n) is 2.72. The van der Waals surface area contributed by atoms with E-state index in [1.54, 1.807) is 6.07 Å². The number of ether oxygens (including phenoxy) is 5. The number of hydrogen-bond donors (Lipinski definition) is 1. The van der Waals surface area contributed by atoms with Gasteiger partial charge in [0.2, 0.25) is 0 Å². The Kier molecular flexibility index (Phi) is 11.3. The average molecular weight is 383 g/mol. The van der Waals surface area contributed by atoms with Crippen LogP contribution in [0.4, 0.5) is 0 Å². The van der Waals surface area contributed by atoms with Gasteiger partial charge in [0.15, 0.2) is 0 Å². The third kappa shape index (κ3) is 10.0. The summed E-state index contributed by atoms with van der Waals surface area (Å²) in [6.45, 7) is 9.90. The minimum absolute atomic E-state index is 0.325. The zero-order valence-corrected chi connectivity index (χ0v) is 16.4. The van der Waals surface area contributed by atoms with Gasteiger partial charge in [0.1, 0.15) is 5.75 Å². The fourth-order valence-corrected chi connectivity index (χ4v) is 2.72. The summed E-state index contributed by atoms with van der Waals surface area (Å²) >= 11 is 0. The van der Waals surface area contributed by atoms with Gasteiger partial charge in [-0.15, -0.1) is 0 Å². The summed E-state index contributed by atoms with van der Waals surface area (Å²) in [5.74, 6) is 0.325. The minimum atomic E-state index is 0.325. The number of hydrogen-bond acceptors (Lipinski definition) is 7. The second-order valence-corrected chi connectivity index (χ2v) is 6.47. The number of aryl methyl sites for hydroxylation is 1. The van der Waals surface area contributed by atoms with Gasteiger partial charge in [0.25, 0.3) is 0 Å². The molecule has 0 spiro atoms. The summed E-state index contributed by atoms with van der Waals surface area (Å²) in [5.41, 5.74) is 2.05. The van der Waals surface area contributed by atoms with E-state index >= 15 is 0 Å². The number of aromatic hydroxyl groups is 1. The molecular formula is C20H33NO6. The van der Waals surface area contributed by atoms with Crippen LogP contribution in [0.25, 0.3) is 0 Å². The minimum Gasteiger partial charge on any atom is -0.508 e. The van der Waals surface area contributed by atoms with Gasteiger partial charge in [-0.05, 0) is 13.0 Å². The Balaban J connectivity index is 1.82. The van der Waals surface area contributed by atoms with E-state index in [4.69, 9.17) is 23.7 Å². The third-order valence-corrected chi connectivity index (χ3v) is 4.22. The maximum absolute atomic E-state index is 10.1. The second-order valence-electron chi connectivity index (χ2n) is 6.47. The van der Waals surface area contributed by atoms with Gasteiger partial charge in [-0.2, -0.15) is 0 Å². The maximum Gasteiger partial charge on any atom is 0.120 e. The molecule has 1 aromatic carbocycles. The molecule has 1 aromatic rings. The van der Waals surface area contributed by atoms with Crippen molar-refractivity contribution >= 4 is 0 Å². The number of phenols is 1. The summed E-state index contributed by atoms with van der Waals surface area (Å²) < 4.78 is 27.7. The summed E-state index contributed by atoms with van der Waals surface area (Å²) in [4.78, 5) is 2.23. The largest absolute Gasteiger partial charge is 0.508 e. The zero-order chi connectivity index (χ0) is 19.2. The molecule has 0 bridgehead atoms. The molecule has 1 heterocycles. The van der Waals surface area contributed by atoms with Crippen molar-refractivity contribution in [1.82, 2.24) is 4.90 Å². The molecule has 0 aliphatic carbocycles. The predicted octanol–water partition coefficient (Wildman–Crippen LogP) is 1.60. The Labute approximate surface area is 162 Å². The molecule has 7 heteroatoms. The van der Waals surface area contributed by atoms with E-state index in [-0.39, 0.29) is 0 Å². The van der Waals surface area contributed by atoms with E-state index in [0.29, 0.717) is 78.4 Å². The van der Waals surface area contributed by atoms with Crippen molar-refractivity contribution < 1.29 is 28.8 Å². The van der Waals surface area contributed by atoms with Crippen molar-refractivity contribution in [3.63, 3.8) is 0 Å². The van der Waals surface area contributed by atoms with Gasteiger partial charge in [-0.25, -0.2) is 0 Å². The van der Waals surface area contributed by atoms with Gasteiger partial charge in [-0.1, -0.05) is 17.7 Å². The lowest BCUT2D eigenvalue weighted by molar-refractivity contribution is -0.0190. The van der Waals surface area contributed by atoms with Gasteiger partial charge < -0.3 is 28.8 Å². The first-order valence-corrected chi connectivity index (χ1v) is 9.65. The van der Waals surface area contributed by atoms with E-state index in [2.05, 4.69) is 4.90 Å². The van der Waals surface area contributed by atoms with Crippen molar-refractivity contribution in [1.29, 1.82) is 0 Å². The summed E-state index contributed by atoms with van der Waals surface area (Å²) in [7, 11) is 0. The lowest BCUT2D eigenvalue weighted by Crippen LogP contribution is -2.31. The molecule has 0 atom stereocenters. The van der Waals surface area contributed by atoms with Crippen molar-refractivity contribution in [2.45, 2.75) is 13.5 Å². The van der Waals surface area contributed by atoms with Crippen LogP contribution in [0.15, 0.2) is 18.2 Å². The van der Waals surface area contributed by atoms with Crippen molar-refractivity contribution in [3.05, 3.63) is 29.3 Å². The molecule has 27 heavy (non-hydrogen) atoms. The maximum atomic E-state index is 10.1.